The fourth-order valence-corrected chi connectivity index (χ4v) is 3.31. The molecule has 20 heavy (non-hydrogen) atoms. The number of anilines is 1. The van der Waals surface area contributed by atoms with Crippen molar-refractivity contribution >= 4 is 5.69 Å². The Labute approximate surface area is 123 Å². The molecule has 0 heterocycles. The first kappa shape index (κ1) is 15.3. The topological polar surface area (TPSA) is 12.0 Å². The highest BCUT2D eigenvalue weighted by Gasteiger charge is 2.29. The molecule has 2 rings (SSSR count). The Morgan fingerprint density at radius 1 is 1.15 bits per heavy atom. The van der Waals surface area contributed by atoms with Gasteiger partial charge in [-0.25, -0.2) is 4.39 Å². The summed E-state index contributed by atoms with van der Waals surface area (Å²) >= 11 is 0. The molecule has 1 aliphatic rings. The molecule has 0 aliphatic heterocycles. The lowest BCUT2D eigenvalue weighted by Crippen LogP contribution is -2.28. The maximum absolute atomic E-state index is 13.1. The molecule has 2 heteroatoms. The van der Waals surface area contributed by atoms with Crippen LogP contribution in [0.25, 0.3) is 0 Å². The molecule has 0 radical (unpaired) electrons. The summed E-state index contributed by atoms with van der Waals surface area (Å²) in [6.45, 7) is 10.1. The molecule has 0 spiro atoms. The standard InChI is InChI=1S/C18H28FN/c1-13-11-16(19)9-10-17(13)20-12-14-5-7-15(8-6-14)18(2,3)4/h9-11,14-15,20H,5-8,12H2,1-4H3. The molecule has 0 atom stereocenters. The van der Waals surface area contributed by atoms with Gasteiger partial charge >= 0.3 is 0 Å². The molecule has 1 aliphatic carbocycles. The molecule has 0 bridgehead atoms. The molecule has 0 aromatic heterocycles. The van der Waals surface area contributed by atoms with Gasteiger partial charge in [0.1, 0.15) is 5.82 Å². The summed E-state index contributed by atoms with van der Waals surface area (Å²) in [4.78, 5) is 0. The zero-order valence-electron chi connectivity index (χ0n) is 13.3. The molecular formula is C18H28FN. The van der Waals surface area contributed by atoms with E-state index in [1.165, 1.54) is 31.7 Å². The minimum Gasteiger partial charge on any atom is -0.385 e. The number of aryl methyl sites for hydroxylation is 1. The number of hydrogen-bond donors (Lipinski definition) is 1. The van der Waals surface area contributed by atoms with Crippen molar-refractivity contribution in [2.75, 3.05) is 11.9 Å². The van der Waals surface area contributed by atoms with E-state index in [9.17, 15) is 4.39 Å². The third-order valence-electron chi connectivity index (χ3n) is 4.84. The van der Waals surface area contributed by atoms with E-state index in [1.54, 1.807) is 6.07 Å². The molecule has 0 saturated heterocycles. The number of rotatable bonds is 3. The van der Waals surface area contributed by atoms with Crippen LogP contribution in [0, 0.1) is 30.0 Å². The van der Waals surface area contributed by atoms with Crippen LogP contribution in [0.3, 0.4) is 0 Å². The van der Waals surface area contributed by atoms with Crippen LogP contribution in [0.1, 0.15) is 52.0 Å². The summed E-state index contributed by atoms with van der Waals surface area (Å²) in [6.07, 6.45) is 5.32. The van der Waals surface area contributed by atoms with Gasteiger partial charge in [-0.1, -0.05) is 20.8 Å². The molecule has 0 amide bonds. The summed E-state index contributed by atoms with van der Waals surface area (Å²) in [5.74, 6) is 1.48. The number of nitrogens with one attached hydrogen (secondary N) is 1. The van der Waals surface area contributed by atoms with Crippen LogP contribution in [0.2, 0.25) is 0 Å². The van der Waals surface area contributed by atoms with Crippen LogP contribution in [0.15, 0.2) is 18.2 Å². The van der Waals surface area contributed by atoms with E-state index >= 15 is 0 Å². The summed E-state index contributed by atoms with van der Waals surface area (Å²) in [5.41, 5.74) is 2.52. The Morgan fingerprint density at radius 3 is 2.35 bits per heavy atom. The maximum atomic E-state index is 13.1. The average molecular weight is 277 g/mol. The van der Waals surface area contributed by atoms with Gasteiger partial charge in [-0.05, 0) is 73.6 Å². The third kappa shape index (κ3) is 3.97. The number of hydrogen-bond acceptors (Lipinski definition) is 1. The Kier molecular flexibility index (Phi) is 4.72. The van der Waals surface area contributed by atoms with Crippen molar-refractivity contribution in [3.05, 3.63) is 29.6 Å². The minimum absolute atomic E-state index is 0.154. The normalized spacial score (nSPS) is 23.6. The van der Waals surface area contributed by atoms with E-state index in [-0.39, 0.29) is 5.82 Å². The Morgan fingerprint density at radius 2 is 1.80 bits per heavy atom. The third-order valence-corrected chi connectivity index (χ3v) is 4.84. The Balaban J connectivity index is 1.82. The van der Waals surface area contributed by atoms with Gasteiger partial charge in [0, 0.05) is 12.2 Å². The largest absolute Gasteiger partial charge is 0.385 e. The second-order valence-corrected chi connectivity index (χ2v) is 7.42. The molecule has 1 aromatic carbocycles. The van der Waals surface area contributed by atoms with Gasteiger partial charge in [0.2, 0.25) is 0 Å². The highest BCUT2D eigenvalue weighted by atomic mass is 19.1. The quantitative estimate of drug-likeness (QED) is 0.780. The molecule has 1 N–H and O–H groups in total. The first-order valence-corrected chi connectivity index (χ1v) is 7.86. The van der Waals surface area contributed by atoms with Crippen LogP contribution >= 0.6 is 0 Å². The lowest BCUT2D eigenvalue weighted by atomic mass is 9.70. The van der Waals surface area contributed by atoms with Gasteiger partial charge in [0.05, 0.1) is 0 Å². The molecule has 112 valence electrons. The van der Waals surface area contributed by atoms with E-state index < -0.39 is 0 Å². The van der Waals surface area contributed by atoms with Crippen molar-refractivity contribution in [2.24, 2.45) is 17.3 Å². The van der Waals surface area contributed by atoms with Crippen molar-refractivity contribution in [3.63, 3.8) is 0 Å². The smallest absolute Gasteiger partial charge is 0.123 e. The van der Waals surface area contributed by atoms with Crippen molar-refractivity contribution in [2.45, 2.75) is 53.4 Å². The second kappa shape index (κ2) is 6.15. The van der Waals surface area contributed by atoms with Gasteiger partial charge in [-0.15, -0.1) is 0 Å². The highest BCUT2D eigenvalue weighted by molar-refractivity contribution is 5.50. The van der Waals surface area contributed by atoms with Crippen LogP contribution in [0.5, 0.6) is 0 Å². The molecular weight excluding hydrogens is 249 g/mol. The fourth-order valence-electron chi connectivity index (χ4n) is 3.31. The molecule has 1 saturated carbocycles. The maximum Gasteiger partial charge on any atom is 0.123 e. The second-order valence-electron chi connectivity index (χ2n) is 7.42. The molecule has 1 aromatic rings. The van der Waals surface area contributed by atoms with E-state index in [0.29, 0.717) is 5.41 Å². The van der Waals surface area contributed by atoms with Gasteiger partial charge in [0.25, 0.3) is 0 Å². The zero-order chi connectivity index (χ0) is 14.8. The van der Waals surface area contributed by atoms with E-state index in [0.717, 1.165) is 29.6 Å². The molecule has 0 unspecified atom stereocenters. The Bertz CT molecular complexity index is 439. The first-order chi connectivity index (χ1) is 9.36. The summed E-state index contributed by atoms with van der Waals surface area (Å²) < 4.78 is 13.1. The fraction of sp³-hybridized carbons (Fsp3) is 0.667. The minimum atomic E-state index is -0.154. The summed E-state index contributed by atoms with van der Waals surface area (Å²) in [7, 11) is 0. The SMILES string of the molecule is Cc1cc(F)ccc1NCC1CCC(C(C)(C)C)CC1. The van der Waals surface area contributed by atoms with Gasteiger partial charge in [-0.2, -0.15) is 0 Å². The number of benzene rings is 1. The van der Waals surface area contributed by atoms with Crippen molar-refractivity contribution in [1.29, 1.82) is 0 Å². The van der Waals surface area contributed by atoms with Crippen LogP contribution in [-0.2, 0) is 0 Å². The van der Waals surface area contributed by atoms with Gasteiger partial charge in [0.15, 0.2) is 0 Å². The van der Waals surface area contributed by atoms with Crippen LogP contribution in [-0.4, -0.2) is 6.54 Å². The first-order valence-electron chi connectivity index (χ1n) is 7.86. The predicted octanol–water partition coefficient (Wildman–Crippen LogP) is 5.40. The number of halogens is 1. The highest BCUT2D eigenvalue weighted by Crippen LogP contribution is 2.39. The lowest BCUT2D eigenvalue weighted by molar-refractivity contribution is 0.153. The zero-order valence-corrected chi connectivity index (χ0v) is 13.3. The van der Waals surface area contributed by atoms with Gasteiger partial charge < -0.3 is 5.32 Å². The molecule has 1 nitrogen and oxygen atoms in total. The lowest BCUT2D eigenvalue weighted by Gasteiger charge is -2.37. The molecule has 1 fully saturated rings. The van der Waals surface area contributed by atoms with Gasteiger partial charge in [-0.3, -0.25) is 0 Å². The van der Waals surface area contributed by atoms with Crippen LogP contribution < -0.4 is 5.32 Å². The predicted molar refractivity (Wildman–Crippen MR) is 84.5 cm³/mol. The van der Waals surface area contributed by atoms with Crippen LogP contribution in [0.4, 0.5) is 10.1 Å². The van der Waals surface area contributed by atoms with Crippen molar-refractivity contribution in [1.82, 2.24) is 0 Å². The summed E-state index contributed by atoms with van der Waals surface area (Å²) in [6, 6.07) is 4.98. The summed E-state index contributed by atoms with van der Waals surface area (Å²) in [5, 5.41) is 3.50. The van der Waals surface area contributed by atoms with Crippen molar-refractivity contribution in [3.8, 4) is 0 Å². The van der Waals surface area contributed by atoms with E-state index in [2.05, 4.69) is 26.1 Å². The van der Waals surface area contributed by atoms with Crippen molar-refractivity contribution < 1.29 is 4.39 Å². The Hall–Kier alpha value is -1.05. The van der Waals surface area contributed by atoms with E-state index in [4.69, 9.17) is 0 Å². The van der Waals surface area contributed by atoms with E-state index in [1.807, 2.05) is 13.0 Å². The average Bonchev–Trinajstić information content (AvgIpc) is 2.37. The monoisotopic (exact) mass is 277 g/mol.